The highest BCUT2D eigenvalue weighted by Gasteiger charge is 2.11. The standard InChI is InChI=1S/C12H10N3O4/c1-13-11(18)7-5-14-10(15-12(7)19)6-2-3-8(16)9(17)4-6/h2-5,16-17H,1H2,(H,13,18)(H,14,15,19). The van der Waals surface area contributed by atoms with E-state index in [0.717, 1.165) is 6.20 Å². The summed E-state index contributed by atoms with van der Waals surface area (Å²) in [6, 6.07) is 3.98. The fourth-order valence-electron chi connectivity index (χ4n) is 1.47. The maximum atomic E-state index is 11.7. The molecule has 0 atom stereocenters. The predicted octanol–water partition coefficient (Wildman–Crippen LogP) is 0.369. The number of aromatic hydroxyl groups is 2. The van der Waals surface area contributed by atoms with Gasteiger partial charge in [-0.2, -0.15) is 0 Å². The zero-order valence-corrected chi connectivity index (χ0v) is 9.67. The molecule has 0 aliphatic rings. The van der Waals surface area contributed by atoms with Gasteiger partial charge in [0.25, 0.3) is 11.5 Å². The minimum absolute atomic E-state index is 0.165. The lowest BCUT2D eigenvalue weighted by atomic mass is 10.2. The number of amides is 1. The van der Waals surface area contributed by atoms with Crippen molar-refractivity contribution in [1.29, 1.82) is 0 Å². The smallest absolute Gasteiger partial charge is 0.264 e. The zero-order valence-electron chi connectivity index (χ0n) is 9.67. The molecule has 0 saturated carbocycles. The van der Waals surface area contributed by atoms with Crippen molar-refractivity contribution in [3.8, 4) is 22.9 Å². The van der Waals surface area contributed by atoms with Gasteiger partial charge in [0, 0.05) is 18.8 Å². The zero-order chi connectivity index (χ0) is 14.0. The van der Waals surface area contributed by atoms with E-state index in [4.69, 9.17) is 0 Å². The van der Waals surface area contributed by atoms with Crippen LogP contribution in [-0.2, 0) is 0 Å². The van der Waals surface area contributed by atoms with E-state index in [-0.39, 0.29) is 22.9 Å². The van der Waals surface area contributed by atoms with E-state index in [2.05, 4.69) is 22.3 Å². The lowest BCUT2D eigenvalue weighted by Crippen LogP contribution is -2.26. The fourth-order valence-corrected chi connectivity index (χ4v) is 1.47. The number of nitrogens with one attached hydrogen (secondary N) is 2. The average Bonchev–Trinajstić information content (AvgIpc) is 2.41. The predicted molar refractivity (Wildman–Crippen MR) is 66.4 cm³/mol. The van der Waals surface area contributed by atoms with Crippen LogP contribution in [0.2, 0.25) is 0 Å². The van der Waals surface area contributed by atoms with Crippen LogP contribution < -0.4 is 10.9 Å². The summed E-state index contributed by atoms with van der Waals surface area (Å²) in [5, 5.41) is 20.6. The molecule has 1 heterocycles. The van der Waals surface area contributed by atoms with E-state index in [1.165, 1.54) is 18.2 Å². The minimum Gasteiger partial charge on any atom is -0.504 e. The lowest BCUT2D eigenvalue weighted by Gasteiger charge is -2.04. The molecule has 0 aliphatic heterocycles. The van der Waals surface area contributed by atoms with Crippen molar-refractivity contribution in [3.05, 3.63) is 47.4 Å². The van der Waals surface area contributed by atoms with Crippen molar-refractivity contribution >= 4 is 5.91 Å². The third-order valence-electron chi connectivity index (χ3n) is 2.45. The molecule has 0 bridgehead atoms. The number of hydrogen-bond donors (Lipinski definition) is 4. The van der Waals surface area contributed by atoms with Crippen LogP contribution >= 0.6 is 0 Å². The Bertz CT molecular complexity index is 694. The topological polar surface area (TPSA) is 115 Å². The summed E-state index contributed by atoms with van der Waals surface area (Å²) < 4.78 is 0. The van der Waals surface area contributed by atoms with Gasteiger partial charge in [-0.05, 0) is 18.2 Å². The number of aromatic nitrogens is 2. The molecule has 0 unspecified atom stereocenters. The number of carbonyl (C=O) groups excluding carboxylic acids is 1. The van der Waals surface area contributed by atoms with Gasteiger partial charge in [0.1, 0.15) is 11.4 Å². The molecule has 1 aromatic carbocycles. The van der Waals surface area contributed by atoms with Gasteiger partial charge in [-0.1, -0.05) is 0 Å². The van der Waals surface area contributed by atoms with Gasteiger partial charge >= 0.3 is 0 Å². The van der Waals surface area contributed by atoms with Crippen molar-refractivity contribution in [2.45, 2.75) is 0 Å². The Labute approximate surface area is 107 Å². The summed E-state index contributed by atoms with van der Waals surface area (Å²) in [7, 11) is 3.16. The van der Waals surface area contributed by atoms with Crippen molar-refractivity contribution in [3.63, 3.8) is 0 Å². The van der Waals surface area contributed by atoms with Crippen molar-refractivity contribution in [1.82, 2.24) is 15.3 Å². The van der Waals surface area contributed by atoms with Crippen molar-refractivity contribution in [2.75, 3.05) is 0 Å². The van der Waals surface area contributed by atoms with Gasteiger partial charge in [0.15, 0.2) is 11.5 Å². The van der Waals surface area contributed by atoms with Gasteiger partial charge in [0.2, 0.25) is 0 Å². The van der Waals surface area contributed by atoms with Gasteiger partial charge in [-0.15, -0.1) is 0 Å². The van der Waals surface area contributed by atoms with Gasteiger partial charge in [-0.25, -0.2) is 4.98 Å². The molecule has 19 heavy (non-hydrogen) atoms. The largest absolute Gasteiger partial charge is 0.504 e. The number of rotatable bonds is 2. The fraction of sp³-hybridized carbons (Fsp3) is 0. The number of hydrogen-bond acceptors (Lipinski definition) is 5. The van der Waals surface area contributed by atoms with Crippen LogP contribution in [0.5, 0.6) is 11.5 Å². The van der Waals surface area contributed by atoms with E-state index < -0.39 is 11.5 Å². The Morgan fingerprint density at radius 1 is 1.32 bits per heavy atom. The Morgan fingerprint density at radius 3 is 2.63 bits per heavy atom. The number of H-pyrrole nitrogens is 1. The van der Waals surface area contributed by atoms with E-state index in [1.807, 2.05) is 0 Å². The highest BCUT2D eigenvalue weighted by molar-refractivity contribution is 5.93. The quantitative estimate of drug-likeness (QED) is 0.582. The molecule has 1 aromatic heterocycles. The third-order valence-corrected chi connectivity index (χ3v) is 2.45. The summed E-state index contributed by atoms with van der Waals surface area (Å²) in [4.78, 5) is 29.3. The van der Waals surface area contributed by atoms with E-state index in [1.54, 1.807) is 0 Å². The lowest BCUT2D eigenvalue weighted by molar-refractivity contribution is 0.0967. The minimum atomic E-state index is -0.645. The number of aromatic amines is 1. The Kier molecular flexibility index (Phi) is 3.19. The summed E-state index contributed by atoms with van der Waals surface area (Å²) in [5.74, 6) is -1.09. The van der Waals surface area contributed by atoms with Crippen LogP contribution in [0.4, 0.5) is 0 Å². The summed E-state index contributed by atoms with van der Waals surface area (Å²) in [5.41, 5.74) is -0.394. The van der Waals surface area contributed by atoms with Crippen LogP contribution in [0.3, 0.4) is 0 Å². The second-order valence-corrected chi connectivity index (χ2v) is 3.68. The molecule has 7 heteroatoms. The molecule has 1 radical (unpaired) electrons. The molecule has 4 N–H and O–H groups in total. The monoisotopic (exact) mass is 260 g/mol. The molecule has 0 fully saturated rings. The third kappa shape index (κ3) is 2.39. The molecular weight excluding hydrogens is 250 g/mol. The average molecular weight is 260 g/mol. The summed E-state index contributed by atoms with van der Waals surface area (Å²) in [6.45, 7) is 0. The normalized spacial score (nSPS) is 10.2. The number of nitrogens with zero attached hydrogens (tertiary/aromatic N) is 1. The molecule has 2 rings (SSSR count). The maximum Gasteiger partial charge on any atom is 0.264 e. The van der Waals surface area contributed by atoms with Crippen LogP contribution in [0.15, 0.2) is 29.2 Å². The summed E-state index contributed by atoms with van der Waals surface area (Å²) >= 11 is 0. The first-order valence-corrected chi connectivity index (χ1v) is 5.22. The first kappa shape index (κ1) is 12.6. The summed E-state index contributed by atoms with van der Waals surface area (Å²) in [6.07, 6.45) is 1.11. The Hall–Kier alpha value is -2.83. The van der Waals surface area contributed by atoms with Crippen LogP contribution in [-0.4, -0.2) is 26.1 Å². The second-order valence-electron chi connectivity index (χ2n) is 3.68. The highest BCUT2D eigenvalue weighted by atomic mass is 16.3. The Balaban J connectivity index is 2.47. The van der Waals surface area contributed by atoms with Crippen LogP contribution in [0.25, 0.3) is 11.4 Å². The van der Waals surface area contributed by atoms with Crippen LogP contribution in [0.1, 0.15) is 10.4 Å². The van der Waals surface area contributed by atoms with Crippen molar-refractivity contribution in [2.24, 2.45) is 0 Å². The molecule has 0 spiro atoms. The number of benzene rings is 1. The molecule has 7 nitrogen and oxygen atoms in total. The van der Waals surface area contributed by atoms with Crippen LogP contribution in [0, 0.1) is 7.05 Å². The molecule has 0 aliphatic carbocycles. The number of carbonyl (C=O) groups is 1. The maximum absolute atomic E-state index is 11.7. The second kappa shape index (κ2) is 4.81. The number of phenols is 2. The molecule has 97 valence electrons. The highest BCUT2D eigenvalue weighted by Crippen LogP contribution is 2.28. The van der Waals surface area contributed by atoms with E-state index in [9.17, 15) is 19.8 Å². The SMILES string of the molecule is [CH2]NC(=O)c1cnc(-c2ccc(O)c(O)c2)[nH]c1=O. The molecule has 0 saturated heterocycles. The van der Waals surface area contributed by atoms with E-state index in [0.29, 0.717) is 5.56 Å². The molecule has 2 aromatic rings. The van der Waals surface area contributed by atoms with Crippen molar-refractivity contribution < 1.29 is 15.0 Å². The van der Waals surface area contributed by atoms with E-state index >= 15 is 0 Å². The first-order chi connectivity index (χ1) is 9.02. The van der Waals surface area contributed by atoms with Gasteiger partial charge in [-0.3, -0.25) is 9.59 Å². The van der Waals surface area contributed by atoms with Gasteiger partial charge < -0.3 is 20.5 Å². The first-order valence-electron chi connectivity index (χ1n) is 5.22. The Morgan fingerprint density at radius 2 is 2.05 bits per heavy atom. The molecular formula is C12H10N3O4. The number of phenolic OH excluding ortho intramolecular Hbond substituents is 2. The molecule has 1 amide bonds. The van der Waals surface area contributed by atoms with Gasteiger partial charge in [0.05, 0.1) is 0 Å².